The molecule has 1 aromatic rings. The molecule has 1 aromatic carbocycles. The number of carbonyl (C=O) groups is 2. The highest BCUT2D eigenvalue weighted by Gasteiger charge is 2.23. The van der Waals surface area contributed by atoms with Crippen LogP contribution in [0.5, 0.6) is 11.5 Å². The number of carbonyl (C=O) groups excluding carboxylic acids is 2. The number of hydrogen-bond acceptors (Lipinski definition) is 10. The van der Waals surface area contributed by atoms with Crippen LogP contribution in [0.15, 0.2) is 12.1 Å². The summed E-state index contributed by atoms with van der Waals surface area (Å²) in [6.07, 6.45) is 3.69. The Kier molecular flexibility index (Phi) is 10.9. The van der Waals surface area contributed by atoms with E-state index in [4.69, 9.17) is 18.9 Å². The maximum absolute atomic E-state index is 12.3. The molecule has 0 radical (unpaired) electrons. The molecule has 8 nitrogen and oxygen atoms in total. The lowest BCUT2D eigenvalue weighted by atomic mass is 10.1. The molecule has 0 amide bonds. The van der Waals surface area contributed by atoms with Crippen molar-refractivity contribution >= 4 is 35.8 Å². The van der Waals surface area contributed by atoms with Crippen LogP contribution in [0.4, 0.5) is 0 Å². The second-order valence-electron chi connectivity index (χ2n) is 4.56. The van der Waals surface area contributed by atoms with Crippen LogP contribution in [0.25, 0.3) is 0 Å². The van der Waals surface area contributed by atoms with Gasteiger partial charge in [-0.15, -0.1) is 0 Å². The fourth-order valence-electron chi connectivity index (χ4n) is 1.87. The predicted octanol–water partition coefficient (Wildman–Crippen LogP) is 2.45. The first-order chi connectivity index (χ1) is 12.6. The number of ether oxygens (including phenoxy) is 4. The molecule has 0 unspecified atom stereocenters. The third kappa shape index (κ3) is 6.94. The number of benzene rings is 1. The summed E-state index contributed by atoms with van der Waals surface area (Å²) in [4.78, 5) is 24.5. The summed E-state index contributed by atoms with van der Waals surface area (Å²) in [6.45, 7) is 4.13. The molecular weight excluding hydrogens is 380 g/mol. The summed E-state index contributed by atoms with van der Waals surface area (Å²) < 4.78 is 27.1. The molecule has 0 aliphatic carbocycles. The summed E-state index contributed by atoms with van der Waals surface area (Å²) in [5.41, 5.74) is 0.337. The predicted molar refractivity (Wildman–Crippen MR) is 103 cm³/mol. The number of esters is 2. The van der Waals surface area contributed by atoms with Crippen LogP contribution in [-0.2, 0) is 9.47 Å². The van der Waals surface area contributed by atoms with Crippen LogP contribution in [0.1, 0.15) is 34.6 Å². The van der Waals surface area contributed by atoms with Crippen LogP contribution >= 0.6 is 23.9 Å². The van der Waals surface area contributed by atoms with E-state index in [9.17, 15) is 9.59 Å². The van der Waals surface area contributed by atoms with E-state index >= 15 is 0 Å². The van der Waals surface area contributed by atoms with Crippen molar-refractivity contribution in [3.8, 4) is 11.5 Å². The van der Waals surface area contributed by atoms with Crippen LogP contribution in [-0.4, -0.2) is 51.1 Å². The van der Waals surface area contributed by atoms with E-state index in [0.29, 0.717) is 0 Å². The van der Waals surface area contributed by atoms with Gasteiger partial charge in [-0.1, -0.05) is 23.9 Å². The molecule has 0 saturated heterocycles. The smallest absolute Gasteiger partial charge is 0.342 e. The number of hydrogen-bond donors (Lipinski definition) is 2. The van der Waals surface area contributed by atoms with Crippen LogP contribution in [0.3, 0.4) is 0 Å². The van der Waals surface area contributed by atoms with Crippen molar-refractivity contribution in [1.82, 2.24) is 9.44 Å². The van der Waals surface area contributed by atoms with Gasteiger partial charge in [-0.05, 0) is 38.5 Å². The molecule has 10 heteroatoms. The Morgan fingerprint density at radius 2 is 1.23 bits per heavy atom. The zero-order valence-corrected chi connectivity index (χ0v) is 16.9. The van der Waals surface area contributed by atoms with Crippen molar-refractivity contribution in [3.05, 3.63) is 23.3 Å². The SMILES string of the molecule is CCOC(=O)c1cc(OCNSC)c(C(=O)OCC)cc1OCNSC. The Bertz CT molecular complexity index is 549. The molecule has 1 rings (SSSR count). The maximum Gasteiger partial charge on any atom is 0.342 e. The van der Waals surface area contributed by atoms with Crippen molar-refractivity contribution in [2.45, 2.75) is 13.8 Å². The minimum Gasteiger partial charge on any atom is -0.477 e. The highest BCUT2D eigenvalue weighted by Crippen LogP contribution is 2.30. The van der Waals surface area contributed by atoms with Crippen molar-refractivity contribution < 1.29 is 28.5 Å². The summed E-state index contributed by atoms with van der Waals surface area (Å²) in [5.74, 6) is -0.717. The largest absolute Gasteiger partial charge is 0.477 e. The lowest BCUT2D eigenvalue weighted by molar-refractivity contribution is 0.0503. The fraction of sp³-hybridized carbons (Fsp3) is 0.500. The van der Waals surface area contributed by atoms with Gasteiger partial charge in [0.25, 0.3) is 0 Å². The van der Waals surface area contributed by atoms with Crippen molar-refractivity contribution in [2.75, 3.05) is 39.2 Å². The summed E-state index contributed by atoms with van der Waals surface area (Å²) >= 11 is 2.73. The van der Waals surface area contributed by atoms with E-state index in [1.54, 1.807) is 13.8 Å². The molecule has 0 aromatic heterocycles. The molecule has 0 aliphatic rings. The zero-order chi connectivity index (χ0) is 19.4. The zero-order valence-electron chi connectivity index (χ0n) is 15.2. The average Bonchev–Trinajstić information content (AvgIpc) is 2.63. The van der Waals surface area contributed by atoms with E-state index in [1.807, 2.05) is 12.5 Å². The molecule has 0 saturated carbocycles. The average molecular weight is 405 g/mol. The van der Waals surface area contributed by atoms with Gasteiger partial charge in [-0.25, -0.2) is 19.0 Å². The monoisotopic (exact) mass is 404 g/mol. The highest BCUT2D eigenvalue weighted by atomic mass is 32.2. The molecule has 2 N–H and O–H groups in total. The van der Waals surface area contributed by atoms with E-state index < -0.39 is 11.9 Å². The summed E-state index contributed by atoms with van der Waals surface area (Å²) in [7, 11) is 0. The van der Waals surface area contributed by atoms with Crippen molar-refractivity contribution in [1.29, 1.82) is 0 Å². The Hall–Kier alpha value is -1.62. The van der Waals surface area contributed by atoms with Gasteiger partial charge in [0.1, 0.15) is 36.1 Å². The van der Waals surface area contributed by atoms with E-state index in [-0.39, 0.29) is 49.3 Å². The van der Waals surface area contributed by atoms with Gasteiger partial charge in [0, 0.05) is 0 Å². The normalized spacial score (nSPS) is 10.3. The molecule has 0 aliphatic heterocycles. The van der Waals surface area contributed by atoms with Gasteiger partial charge in [-0.2, -0.15) is 0 Å². The minimum absolute atomic E-state index is 0.143. The topological polar surface area (TPSA) is 95.1 Å². The lowest BCUT2D eigenvalue weighted by Gasteiger charge is -2.16. The van der Waals surface area contributed by atoms with Gasteiger partial charge < -0.3 is 18.9 Å². The first-order valence-electron chi connectivity index (χ1n) is 7.88. The van der Waals surface area contributed by atoms with Crippen LogP contribution < -0.4 is 18.9 Å². The molecule has 0 heterocycles. The molecule has 0 spiro atoms. The van der Waals surface area contributed by atoms with Gasteiger partial charge in [0.05, 0.1) is 13.2 Å². The highest BCUT2D eigenvalue weighted by molar-refractivity contribution is 7.96. The Labute approximate surface area is 161 Å². The van der Waals surface area contributed by atoms with E-state index in [2.05, 4.69) is 9.44 Å². The minimum atomic E-state index is -0.565. The molecule has 0 fully saturated rings. The van der Waals surface area contributed by atoms with Gasteiger partial charge >= 0.3 is 11.9 Å². The summed E-state index contributed by atoms with van der Waals surface area (Å²) in [5, 5.41) is 0. The first kappa shape index (κ1) is 22.4. The Balaban J connectivity index is 3.28. The van der Waals surface area contributed by atoms with Crippen molar-refractivity contribution in [2.24, 2.45) is 0 Å². The lowest BCUT2D eigenvalue weighted by Crippen LogP contribution is -2.18. The Morgan fingerprint density at radius 3 is 1.54 bits per heavy atom. The van der Waals surface area contributed by atoms with Crippen LogP contribution in [0.2, 0.25) is 0 Å². The molecule has 0 bridgehead atoms. The maximum atomic E-state index is 12.3. The third-order valence-electron chi connectivity index (χ3n) is 2.93. The van der Waals surface area contributed by atoms with Gasteiger partial charge in [0.2, 0.25) is 0 Å². The third-order valence-corrected chi connectivity index (χ3v) is 3.75. The fourth-order valence-corrected chi connectivity index (χ4v) is 2.22. The number of nitrogens with one attached hydrogen (secondary N) is 2. The second kappa shape index (κ2) is 12.7. The van der Waals surface area contributed by atoms with Crippen molar-refractivity contribution in [3.63, 3.8) is 0 Å². The van der Waals surface area contributed by atoms with E-state index in [0.717, 1.165) is 0 Å². The molecule has 0 atom stereocenters. The number of rotatable bonds is 12. The molecular formula is C16H24N2O6S2. The van der Waals surface area contributed by atoms with Crippen LogP contribution in [0, 0.1) is 0 Å². The molecule has 26 heavy (non-hydrogen) atoms. The molecule has 146 valence electrons. The summed E-state index contributed by atoms with van der Waals surface area (Å²) in [6, 6.07) is 2.86. The van der Waals surface area contributed by atoms with Gasteiger partial charge in [0.15, 0.2) is 0 Å². The standard InChI is InChI=1S/C16H24N2O6S2/c1-5-21-15(19)11-7-14(24-10-18-26-4)12(16(20)22-6-2)8-13(11)23-9-17-25-3/h7-8,17-18H,5-6,9-10H2,1-4H3. The Morgan fingerprint density at radius 1 is 0.846 bits per heavy atom. The first-order valence-corrected chi connectivity index (χ1v) is 10.3. The quantitative estimate of drug-likeness (QED) is 0.234. The van der Waals surface area contributed by atoms with E-state index in [1.165, 1.54) is 36.0 Å². The van der Waals surface area contributed by atoms with Gasteiger partial charge in [-0.3, -0.25) is 0 Å². The second-order valence-corrected chi connectivity index (χ2v) is 5.95.